The maximum atomic E-state index is 13.1. The molecule has 0 N–H and O–H groups in total. The molecule has 1 saturated heterocycles. The van der Waals surface area contributed by atoms with E-state index in [1.807, 2.05) is 24.3 Å². The average Bonchev–Trinajstić information content (AvgIpc) is 3.26. The molecule has 134 valence electrons. The van der Waals surface area contributed by atoms with E-state index in [0.29, 0.717) is 30.6 Å². The van der Waals surface area contributed by atoms with Crippen molar-refractivity contribution in [2.75, 3.05) is 20.3 Å². The summed E-state index contributed by atoms with van der Waals surface area (Å²) in [5.74, 6) is 0.350. The third kappa shape index (κ3) is 3.43. The van der Waals surface area contributed by atoms with E-state index in [4.69, 9.17) is 4.74 Å². The third-order valence-electron chi connectivity index (χ3n) is 4.85. The molecular weight excluding hydrogens is 331 g/mol. The lowest BCUT2D eigenvalue weighted by atomic mass is 10.1. The Morgan fingerprint density at radius 3 is 2.40 bits per heavy atom. The minimum absolute atomic E-state index is 0.0840. The van der Waals surface area contributed by atoms with E-state index in [9.17, 15) is 13.2 Å². The predicted octanol–water partition coefficient (Wildman–Crippen LogP) is 3.73. The summed E-state index contributed by atoms with van der Waals surface area (Å²) >= 11 is 0. The SMILES string of the molecule is CN(Cc1ccc(-c2nc(C(F)(F)F)cn2C2COC2)cc1)C1CC1. The van der Waals surface area contributed by atoms with Gasteiger partial charge in [0, 0.05) is 24.3 Å². The van der Waals surface area contributed by atoms with Crippen molar-refractivity contribution in [3.63, 3.8) is 0 Å². The highest BCUT2D eigenvalue weighted by Crippen LogP contribution is 2.34. The van der Waals surface area contributed by atoms with Gasteiger partial charge in [0.05, 0.1) is 19.3 Å². The summed E-state index contributed by atoms with van der Waals surface area (Å²) in [6, 6.07) is 8.24. The molecule has 2 aromatic rings. The van der Waals surface area contributed by atoms with Crippen LogP contribution < -0.4 is 0 Å². The first kappa shape index (κ1) is 16.6. The summed E-state index contributed by atoms with van der Waals surface area (Å²) in [7, 11) is 2.10. The second-order valence-corrected chi connectivity index (χ2v) is 6.89. The van der Waals surface area contributed by atoms with Crippen LogP contribution >= 0.6 is 0 Å². The van der Waals surface area contributed by atoms with Gasteiger partial charge >= 0.3 is 6.18 Å². The molecule has 4 nitrogen and oxygen atoms in total. The summed E-state index contributed by atoms with van der Waals surface area (Å²) in [5.41, 5.74) is 0.992. The second-order valence-electron chi connectivity index (χ2n) is 6.89. The Bertz CT molecular complexity index is 746. The van der Waals surface area contributed by atoms with Crippen LogP contribution in [0.15, 0.2) is 30.5 Å². The largest absolute Gasteiger partial charge is 0.434 e. The van der Waals surface area contributed by atoms with Crippen molar-refractivity contribution in [1.29, 1.82) is 0 Å². The van der Waals surface area contributed by atoms with Gasteiger partial charge < -0.3 is 9.30 Å². The first-order chi connectivity index (χ1) is 11.9. The molecule has 0 unspecified atom stereocenters. The van der Waals surface area contributed by atoms with Crippen LogP contribution in [-0.2, 0) is 17.5 Å². The zero-order valence-corrected chi connectivity index (χ0v) is 14.0. The lowest BCUT2D eigenvalue weighted by Gasteiger charge is -2.28. The number of imidazole rings is 1. The van der Waals surface area contributed by atoms with Crippen LogP contribution in [0.25, 0.3) is 11.4 Å². The van der Waals surface area contributed by atoms with E-state index < -0.39 is 11.9 Å². The molecule has 1 aliphatic heterocycles. The lowest BCUT2D eigenvalue weighted by Crippen LogP contribution is -2.30. The fourth-order valence-corrected chi connectivity index (χ4v) is 3.10. The number of hydrogen-bond donors (Lipinski definition) is 0. The first-order valence-electron chi connectivity index (χ1n) is 8.45. The summed E-state index contributed by atoms with van der Waals surface area (Å²) in [6.07, 6.45) is -0.861. The zero-order valence-electron chi connectivity index (χ0n) is 14.0. The monoisotopic (exact) mass is 351 g/mol. The number of alkyl halides is 3. The van der Waals surface area contributed by atoms with Crippen molar-refractivity contribution in [2.24, 2.45) is 0 Å². The quantitative estimate of drug-likeness (QED) is 0.822. The van der Waals surface area contributed by atoms with E-state index in [-0.39, 0.29) is 6.04 Å². The molecule has 0 amide bonds. The van der Waals surface area contributed by atoms with Crippen molar-refractivity contribution >= 4 is 0 Å². The number of ether oxygens (including phenoxy) is 1. The van der Waals surface area contributed by atoms with Crippen LogP contribution in [0.4, 0.5) is 13.2 Å². The number of aromatic nitrogens is 2. The van der Waals surface area contributed by atoms with Gasteiger partial charge in [0.15, 0.2) is 5.69 Å². The average molecular weight is 351 g/mol. The molecule has 7 heteroatoms. The van der Waals surface area contributed by atoms with E-state index in [1.165, 1.54) is 12.8 Å². The fourth-order valence-electron chi connectivity index (χ4n) is 3.10. The molecule has 1 aromatic carbocycles. The molecule has 4 rings (SSSR count). The van der Waals surface area contributed by atoms with Crippen LogP contribution in [-0.4, -0.2) is 40.8 Å². The topological polar surface area (TPSA) is 30.3 Å². The highest BCUT2D eigenvalue weighted by molar-refractivity contribution is 5.57. The van der Waals surface area contributed by atoms with Crippen LogP contribution in [0.1, 0.15) is 30.1 Å². The van der Waals surface area contributed by atoms with Crippen molar-refractivity contribution in [3.05, 3.63) is 41.7 Å². The van der Waals surface area contributed by atoms with Gasteiger partial charge in [-0.3, -0.25) is 4.90 Å². The zero-order chi connectivity index (χ0) is 17.6. The third-order valence-corrected chi connectivity index (χ3v) is 4.85. The smallest absolute Gasteiger partial charge is 0.377 e. The first-order valence-corrected chi connectivity index (χ1v) is 8.45. The molecule has 1 aliphatic carbocycles. The minimum Gasteiger partial charge on any atom is -0.377 e. The van der Waals surface area contributed by atoms with Gasteiger partial charge in [-0.15, -0.1) is 0 Å². The molecule has 0 atom stereocenters. The van der Waals surface area contributed by atoms with Crippen LogP contribution in [0.5, 0.6) is 0 Å². The molecule has 2 fully saturated rings. The number of hydrogen-bond acceptors (Lipinski definition) is 3. The van der Waals surface area contributed by atoms with Crippen LogP contribution in [0, 0.1) is 0 Å². The van der Waals surface area contributed by atoms with Crippen molar-refractivity contribution in [1.82, 2.24) is 14.5 Å². The maximum absolute atomic E-state index is 13.1. The van der Waals surface area contributed by atoms with Crippen LogP contribution in [0.3, 0.4) is 0 Å². The molecule has 25 heavy (non-hydrogen) atoms. The van der Waals surface area contributed by atoms with Gasteiger partial charge in [0.1, 0.15) is 5.82 Å². The number of nitrogens with zero attached hydrogens (tertiary/aromatic N) is 3. The van der Waals surface area contributed by atoms with E-state index >= 15 is 0 Å². The molecule has 2 aliphatic rings. The lowest BCUT2D eigenvalue weighted by molar-refractivity contribution is -0.141. The summed E-state index contributed by atoms with van der Waals surface area (Å²) < 4.78 is 45.9. The van der Waals surface area contributed by atoms with Crippen LogP contribution in [0.2, 0.25) is 0 Å². The van der Waals surface area contributed by atoms with Gasteiger partial charge in [-0.25, -0.2) is 4.98 Å². The highest BCUT2D eigenvalue weighted by Gasteiger charge is 2.36. The molecule has 1 saturated carbocycles. The van der Waals surface area contributed by atoms with Gasteiger partial charge in [-0.1, -0.05) is 24.3 Å². The Kier molecular flexibility index (Phi) is 4.08. The van der Waals surface area contributed by atoms with Gasteiger partial charge in [0.2, 0.25) is 0 Å². The Morgan fingerprint density at radius 2 is 1.88 bits per heavy atom. The predicted molar refractivity (Wildman–Crippen MR) is 87.0 cm³/mol. The highest BCUT2D eigenvalue weighted by atomic mass is 19.4. The van der Waals surface area contributed by atoms with Crippen molar-refractivity contribution in [3.8, 4) is 11.4 Å². The fraction of sp³-hybridized carbons (Fsp3) is 0.500. The Hall–Kier alpha value is -1.86. The van der Waals surface area contributed by atoms with E-state index in [0.717, 1.165) is 18.3 Å². The molecule has 1 aromatic heterocycles. The van der Waals surface area contributed by atoms with Gasteiger partial charge in [-0.05, 0) is 25.5 Å². The second kappa shape index (κ2) is 6.14. The Morgan fingerprint density at radius 1 is 1.20 bits per heavy atom. The molecule has 2 heterocycles. The number of halogens is 3. The van der Waals surface area contributed by atoms with E-state index in [1.54, 1.807) is 4.57 Å². The molecule has 0 spiro atoms. The Labute approximate surface area is 144 Å². The Balaban J connectivity index is 1.60. The molecular formula is C18H20F3N3O. The van der Waals surface area contributed by atoms with Gasteiger partial charge in [0.25, 0.3) is 0 Å². The summed E-state index contributed by atoms with van der Waals surface area (Å²) in [4.78, 5) is 6.16. The molecule has 0 radical (unpaired) electrons. The van der Waals surface area contributed by atoms with E-state index in [2.05, 4.69) is 16.9 Å². The molecule has 0 bridgehead atoms. The van der Waals surface area contributed by atoms with Crippen molar-refractivity contribution in [2.45, 2.75) is 37.6 Å². The summed E-state index contributed by atoms with van der Waals surface area (Å²) in [5, 5.41) is 0. The number of rotatable bonds is 5. The number of benzene rings is 1. The van der Waals surface area contributed by atoms with Crippen molar-refractivity contribution < 1.29 is 17.9 Å². The summed E-state index contributed by atoms with van der Waals surface area (Å²) in [6.45, 7) is 1.69. The maximum Gasteiger partial charge on any atom is 0.434 e. The minimum atomic E-state index is -4.45. The standard InChI is InChI=1S/C18H20F3N3O/c1-23(14-6-7-14)8-12-2-4-13(5-3-12)17-22-16(18(19,20)21)9-24(17)15-10-25-11-15/h2-5,9,14-15H,6-8,10-11H2,1H3. The van der Waals surface area contributed by atoms with Gasteiger partial charge in [-0.2, -0.15) is 13.2 Å². The normalized spacial score (nSPS) is 18.6.